The molecule has 10 nitrogen and oxygen atoms in total. The van der Waals surface area contributed by atoms with Crippen molar-refractivity contribution in [2.75, 3.05) is 0 Å². The molecule has 1 aliphatic heterocycles. The van der Waals surface area contributed by atoms with Crippen molar-refractivity contribution < 1.29 is 9.31 Å². The monoisotopic (exact) mass is 660 g/mol. The highest BCUT2D eigenvalue weighted by Gasteiger charge is 2.52. The molecule has 1 saturated heterocycles. The lowest BCUT2D eigenvalue weighted by molar-refractivity contribution is 0.00578. The van der Waals surface area contributed by atoms with Gasteiger partial charge in [0.15, 0.2) is 0 Å². The number of halogens is 1. The van der Waals surface area contributed by atoms with Crippen molar-refractivity contribution in [2.45, 2.75) is 53.8 Å². The third-order valence-electron chi connectivity index (χ3n) is 8.36. The van der Waals surface area contributed by atoms with Crippen LogP contribution in [0.1, 0.15) is 42.5 Å². The number of pyridine rings is 2. The Hall–Kier alpha value is -5.07. The minimum Gasteiger partial charge on any atom is -0.399 e. The Balaban J connectivity index is 0.000000220. The first-order valence-electron chi connectivity index (χ1n) is 14.5. The highest BCUT2D eigenvalue weighted by Crippen LogP contribution is 2.38. The van der Waals surface area contributed by atoms with Crippen LogP contribution in [0.3, 0.4) is 0 Å². The molecule has 0 bridgehead atoms. The van der Waals surface area contributed by atoms with E-state index < -0.39 is 18.3 Å². The van der Waals surface area contributed by atoms with E-state index in [2.05, 4.69) is 24.9 Å². The van der Waals surface area contributed by atoms with Crippen molar-refractivity contribution in [3.8, 4) is 22.5 Å². The number of hydrogen-bond donors (Lipinski definition) is 0. The Kier molecular flexibility index (Phi) is 10.1. The number of nitrogens with zero attached hydrogens (tertiary/aromatic N) is 8. The summed E-state index contributed by atoms with van der Waals surface area (Å²) in [5.74, 6) is 0. The van der Waals surface area contributed by atoms with E-state index in [-0.39, 0.29) is 14.9 Å². The molecule has 0 radical (unpaired) electrons. The summed E-state index contributed by atoms with van der Waals surface area (Å²) in [4.78, 5) is 16.5. The first-order valence-corrected chi connectivity index (χ1v) is 14.9. The quantitative estimate of drug-likeness (QED) is 0.140. The number of benzene rings is 2. The molecule has 0 aliphatic carbocycles. The third kappa shape index (κ3) is 6.54. The fourth-order valence-electron chi connectivity index (χ4n) is 5.21. The smallest absolute Gasteiger partial charge is 0.399 e. The summed E-state index contributed by atoms with van der Waals surface area (Å²) < 4.78 is 15.8. The lowest BCUT2D eigenvalue weighted by Gasteiger charge is -2.32. The zero-order valence-corrected chi connectivity index (χ0v) is 27.0. The SMILES string of the molecule is C.C.[C-]#[N+]c1cc2c(B3OC(C)(C)C(C)(C)O3)cccc2nc1-c1cnn(C)c1.[C-]#[N+]c1cc2c(Cl)cccc2nc1-c1cnn(C)c1. The second kappa shape index (κ2) is 13.6. The Morgan fingerprint density at radius 1 is 0.729 bits per heavy atom. The van der Waals surface area contributed by atoms with Crippen LogP contribution in [0.2, 0.25) is 5.02 Å². The van der Waals surface area contributed by atoms with E-state index in [1.807, 2.05) is 90.6 Å². The van der Waals surface area contributed by atoms with Crippen LogP contribution in [-0.2, 0) is 23.4 Å². The van der Waals surface area contributed by atoms with E-state index in [1.165, 1.54) is 0 Å². The van der Waals surface area contributed by atoms with Gasteiger partial charge in [-0.1, -0.05) is 44.7 Å². The Morgan fingerprint density at radius 2 is 1.19 bits per heavy atom. The van der Waals surface area contributed by atoms with Crippen molar-refractivity contribution >= 4 is 57.4 Å². The highest BCUT2D eigenvalue weighted by molar-refractivity contribution is 6.65. The molecule has 0 unspecified atom stereocenters. The summed E-state index contributed by atoms with van der Waals surface area (Å²) in [7, 11) is 3.18. The minimum atomic E-state index is -0.497. The van der Waals surface area contributed by atoms with E-state index in [0.717, 1.165) is 38.4 Å². The van der Waals surface area contributed by atoms with Gasteiger partial charge < -0.3 is 9.31 Å². The van der Waals surface area contributed by atoms with E-state index in [4.69, 9.17) is 39.0 Å². The average molecular weight is 661 g/mol. The Bertz CT molecular complexity index is 2190. The molecule has 1 fully saturated rings. The van der Waals surface area contributed by atoms with Gasteiger partial charge in [-0.05, 0) is 68.9 Å². The van der Waals surface area contributed by atoms with Crippen molar-refractivity contribution in [3.63, 3.8) is 0 Å². The average Bonchev–Trinajstić information content (AvgIpc) is 3.72. The molecule has 48 heavy (non-hydrogen) atoms. The summed E-state index contributed by atoms with van der Waals surface area (Å²) in [5, 5.41) is 10.6. The number of aromatic nitrogens is 6. The Labute approximate surface area is 287 Å². The predicted molar refractivity (Wildman–Crippen MR) is 195 cm³/mol. The van der Waals surface area contributed by atoms with Crippen LogP contribution in [-0.4, -0.2) is 47.8 Å². The summed E-state index contributed by atoms with van der Waals surface area (Å²) in [6, 6.07) is 15.0. The summed E-state index contributed by atoms with van der Waals surface area (Å²) in [6.07, 6.45) is 7.13. The molecule has 5 heterocycles. The number of fused-ring (bicyclic) bond motifs is 2. The first-order chi connectivity index (χ1) is 21.9. The molecule has 0 amide bonds. The molecule has 6 aromatic rings. The van der Waals surface area contributed by atoms with Crippen molar-refractivity contribution in [1.29, 1.82) is 0 Å². The summed E-state index contributed by atoms with van der Waals surface area (Å²) >= 11 is 6.13. The molecule has 2 aromatic carbocycles. The fraction of sp³-hybridized carbons (Fsp3) is 0.278. The molecule has 0 spiro atoms. The number of hydrogen-bond acceptors (Lipinski definition) is 6. The zero-order chi connectivity index (χ0) is 32.8. The van der Waals surface area contributed by atoms with Crippen LogP contribution in [0.4, 0.5) is 11.4 Å². The molecular formula is C36H38BClN8O2. The molecule has 1 aliphatic rings. The lowest BCUT2D eigenvalue weighted by atomic mass is 9.76. The zero-order valence-electron chi connectivity index (χ0n) is 26.3. The molecular weight excluding hydrogens is 623 g/mol. The van der Waals surface area contributed by atoms with Crippen molar-refractivity contribution in [3.05, 3.63) is 101 Å². The van der Waals surface area contributed by atoms with E-state index in [0.29, 0.717) is 27.8 Å². The highest BCUT2D eigenvalue weighted by atomic mass is 35.5. The molecule has 12 heteroatoms. The second-order valence-corrected chi connectivity index (χ2v) is 12.5. The Morgan fingerprint density at radius 3 is 1.65 bits per heavy atom. The number of aryl methyl sites for hydroxylation is 2. The van der Waals surface area contributed by atoms with E-state index >= 15 is 0 Å². The topological polar surface area (TPSA) is 88.6 Å². The maximum atomic E-state index is 7.62. The first kappa shape index (κ1) is 35.8. The predicted octanol–water partition coefficient (Wildman–Crippen LogP) is 8.60. The van der Waals surface area contributed by atoms with Crippen LogP contribution in [0.5, 0.6) is 0 Å². The molecule has 7 rings (SSSR count). The maximum Gasteiger partial charge on any atom is 0.495 e. The summed E-state index contributed by atoms with van der Waals surface area (Å²) in [5.41, 5.74) is 5.51. The van der Waals surface area contributed by atoms with E-state index in [1.54, 1.807) is 33.9 Å². The van der Waals surface area contributed by atoms with E-state index in [9.17, 15) is 0 Å². The van der Waals surface area contributed by atoms with Gasteiger partial charge in [-0.25, -0.2) is 9.69 Å². The molecule has 0 saturated carbocycles. The van der Waals surface area contributed by atoms with Crippen LogP contribution < -0.4 is 5.46 Å². The summed E-state index contributed by atoms with van der Waals surface area (Å²) in [6.45, 7) is 23.0. The van der Waals surface area contributed by atoms with Crippen LogP contribution in [0.25, 0.3) is 54.0 Å². The molecule has 4 aromatic heterocycles. The van der Waals surface area contributed by atoms with Gasteiger partial charge in [0.05, 0.1) is 59.2 Å². The fourth-order valence-corrected chi connectivity index (χ4v) is 5.44. The normalized spacial score (nSPS) is 14.3. The van der Waals surface area contributed by atoms with Crippen LogP contribution >= 0.6 is 11.6 Å². The third-order valence-corrected chi connectivity index (χ3v) is 8.69. The van der Waals surface area contributed by atoms with Gasteiger partial charge in [-0.2, -0.15) is 10.2 Å². The van der Waals surface area contributed by atoms with Gasteiger partial charge in [-0.3, -0.25) is 19.3 Å². The van der Waals surface area contributed by atoms with Gasteiger partial charge in [0.1, 0.15) is 0 Å². The van der Waals surface area contributed by atoms with Crippen molar-refractivity contribution in [2.24, 2.45) is 14.1 Å². The lowest BCUT2D eigenvalue weighted by Crippen LogP contribution is -2.41. The van der Waals surface area contributed by atoms with Gasteiger partial charge in [0, 0.05) is 48.0 Å². The van der Waals surface area contributed by atoms with Gasteiger partial charge in [-0.15, -0.1) is 0 Å². The van der Waals surface area contributed by atoms with Crippen LogP contribution in [0.15, 0.2) is 73.3 Å². The van der Waals surface area contributed by atoms with Crippen molar-refractivity contribution in [1.82, 2.24) is 29.5 Å². The maximum absolute atomic E-state index is 7.62. The van der Waals surface area contributed by atoms with Gasteiger partial charge in [0.2, 0.25) is 11.4 Å². The number of rotatable bonds is 3. The van der Waals surface area contributed by atoms with Crippen LogP contribution in [0, 0.1) is 13.1 Å². The largest absolute Gasteiger partial charge is 0.495 e. The second-order valence-electron chi connectivity index (χ2n) is 12.0. The molecule has 0 N–H and O–H groups in total. The molecule has 244 valence electrons. The molecule has 0 atom stereocenters. The van der Waals surface area contributed by atoms with Gasteiger partial charge in [0.25, 0.3) is 0 Å². The van der Waals surface area contributed by atoms with Gasteiger partial charge >= 0.3 is 7.12 Å². The standard InChI is InChI=1S/C20H21BN4O2.C14H9ClN4.2CH4/c1-19(2)20(3,4)27-21(26-19)15-8-7-9-16-14(15)10-17(22-5)18(24-16)13-11-23-25(6)12-13;1-16-13-6-10-11(15)4-3-5-12(10)18-14(13)9-7-17-19(2)8-9;;/h7-12H,1-4,6H3;3-8H,2H3;2*1H4. The minimum absolute atomic E-state index is 0.